The van der Waals surface area contributed by atoms with Crippen LogP contribution in [0.1, 0.15) is 12.5 Å². The molecule has 0 aliphatic carbocycles. The van der Waals surface area contributed by atoms with E-state index in [9.17, 15) is 4.79 Å². The first kappa shape index (κ1) is 18.2. The average molecular weight is 345 g/mol. The molecule has 0 heterocycles. The van der Waals surface area contributed by atoms with Gasteiger partial charge in [-0.15, -0.1) is 11.8 Å². The van der Waals surface area contributed by atoms with Crippen molar-refractivity contribution in [2.45, 2.75) is 17.9 Å². The van der Waals surface area contributed by atoms with Crippen molar-refractivity contribution in [2.75, 3.05) is 20.3 Å². The fourth-order valence-corrected chi connectivity index (χ4v) is 2.92. The van der Waals surface area contributed by atoms with Gasteiger partial charge < -0.3 is 14.8 Å². The lowest BCUT2D eigenvalue weighted by Crippen LogP contribution is -2.34. The Hall–Kier alpha value is -2.14. The molecule has 2 rings (SSSR count). The van der Waals surface area contributed by atoms with Crippen molar-refractivity contribution in [3.63, 3.8) is 0 Å². The topological polar surface area (TPSA) is 47.6 Å². The summed E-state index contributed by atoms with van der Waals surface area (Å²) in [4.78, 5) is 12.1. The number of hydrogen-bond donors (Lipinski definition) is 1. The maximum absolute atomic E-state index is 12.1. The molecule has 0 radical (unpaired) electrons. The lowest BCUT2D eigenvalue weighted by molar-refractivity contribution is -0.120. The Bertz CT molecular complexity index is 634. The third-order valence-electron chi connectivity index (χ3n) is 3.42. The molecule has 0 aliphatic heterocycles. The number of amides is 1. The smallest absolute Gasteiger partial charge is 0.232 e. The lowest BCUT2D eigenvalue weighted by Gasteiger charge is -2.13. The Kier molecular flexibility index (Phi) is 7.49. The number of carbonyl (C=O) groups excluding carboxylic acids is 1. The molecule has 0 spiro atoms. The van der Waals surface area contributed by atoms with Gasteiger partial charge in [0.05, 0.1) is 18.9 Å². The van der Waals surface area contributed by atoms with Crippen molar-refractivity contribution in [3.05, 3.63) is 60.2 Å². The van der Waals surface area contributed by atoms with Gasteiger partial charge in [-0.2, -0.15) is 0 Å². The zero-order chi connectivity index (χ0) is 17.2. The van der Waals surface area contributed by atoms with Crippen molar-refractivity contribution in [1.82, 2.24) is 5.32 Å². The molecule has 0 saturated carbocycles. The second kappa shape index (κ2) is 9.88. The molecule has 128 valence electrons. The van der Waals surface area contributed by atoms with Crippen molar-refractivity contribution in [3.8, 4) is 11.5 Å². The second-order valence-electron chi connectivity index (χ2n) is 5.26. The highest BCUT2D eigenvalue weighted by atomic mass is 32.2. The molecule has 0 fully saturated rings. The SMILES string of the molecule is COc1cccc(OCCNC(=O)[C@H](C)SCc2ccccc2)c1. The summed E-state index contributed by atoms with van der Waals surface area (Å²) >= 11 is 1.63. The van der Waals surface area contributed by atoms with Crippen LogP contribution in [0, 0.1) is 0 Å². The number of ether oxygens (including phenoxy) is 2. The van der Waals surface area contributed by atoms with Crippen LogP contribution in [0.15, 0.2) is 54.6 Å². The van der Waals surface area contributed by atoms with Gasteiger partial charge in [0.15, 0.2) is 0 Å². The molecular weight excluding hydrogens is 322 g/mol. The standard InChI is InChI=1S/C19H23NO3S/c1-15(24-14-16-7-4-3-5-8-16)19(21)20-11-12-23-18-10-6-9-17(13-18)22-2/h3-10,13,15H,11-12,14H2,1-2H3,(H,20,21)/t15-/m0/s1. The highest BCUT2D eigenvalue weighted by molar-refractivity contribution is 7.99. The first-order valence-electron chi connectivity index (χ1n) is 7.89. The van der Waals surface area contributed by atoms with Crippen LogP contribution in [-0.2, 0) is 10.5 Å². The molecule has 1 N–H and O–H groups in total. The van der Waals surface area contributed by atoms with Crippen molar-refractivity contribution < 1.29 is 14.3 Å². The minimum atomic E-state index is -0.0953. The minimum Gasteiger partial charge on any atom is -0.497 e. The summed E-state index contributed by atoms with van der Waals surface area (Å²) in [6, 6.07) is 17.6. The monoisotopic (exact) mass is 345 g/mol. The Morgan fingerprint density at radius 3 is 2.62 bits per heavy atom. The number of nitrogens with one attached hydrogen (secondary N) is 1. The summed E-state index contributed by atoms with van der Waals surface area (Å²) in [6.45, 7) is 2.83. The average Bonchev–Trinajstić information content (AvgIpc) is 2.64. The van der Waals surface area contributed by atoms with Crippen LogP contribution in [0.5, 0.6) is 11.5 Å². The van der Waals surface area contributed by atoms with Crippen molar-refractivity contribution >= 4 is 17.7 Å². The van der Waals surface area contributed by atoms with Crippen LogP contribution in [-0.4, -0.2) is 31.4 Å². The molecule has 24 heavy (non-hydrogen) atoms. The summed E-state index contributed by atoms with van der Waals surface area (Å²) in [5.74, 6) is 2.35. The molecule has 0 aromatic heterocycles. The molecular formula is C19H23NO3S. The molecule has 0 aliphatic rings. The van der Waals surface area contributed by atoms with Crippen LogP contribution in [0.25, 0.3) is 0 Å². The van der Waals surface area contributed by atoms with E-state index in [1.54, 1.807) is 18.9 Å². The predicted molar refractivity (Wildman–Crippen MR) is 98.7 cm³/mol. The van der Waals surface area contributed by atoms with E-state index in [1.165, 1.54) is 5.56 Å². The maximum atomic E-state index is 12.1. The lowest BCUT2D eigenvalue weighted by atomic mass is 10.2. The van der Waals surface area contributed by atoms with E-state index in [2.05, 4.69) is 17.4 Å². The van der Waals surface area contributed by atoms with Gasteiger partial charge in [0.25, 0.3) is 0 Å². The molecule has 1 atom stereocenters. The van der Waals surface area contributed by atoms with Gasteiger partial charge >= 0.3 is 0 Å². The van der Waals surface area contributed by atoms with Crippen LogP contribution >= 0.6 is 11.8 Å². The summed E-state index contributed by atoms with van der Waals surface area (Å²) < 4.78 is 10.7. The van der Waals surface area contributed by atoms with Crippen LogP contribution < -0.4 is 14.8 Å². The van der Waals surface area contributed by atoms with Gasteiger partial charge in [0.1, 0.15) is 18.1 Å². The van der Waals surface area contributed by atoms with E-state index in [-0.39, 0.29) is 11.2 Å². The van der Waals surface area contributed by atoms with Crippen LogP contribution in [0.2, 0.25) is 0 Å². The summed E-state index contributed by atoms with van der Waals surface area (Å²) in [7, 11) is 1.62. The molecule has 2 aromatic carbocycles. The molecule has 0 saturated heterocycles. The number of hydrogen-bond acceptors (Lipinski definition) is 4. The first-order valence-corrected chi connectivity index (χ1v) is 8.94. The minimum absolute atomic E-state index is 0.0326. The molecule has 0 bridgehead atoms. The Balaban J connectivity index is 1.65. The van der Waals surface area contributed by atoms with Crippen molar-refractivity contribution in [2.24, 2.45) is 0 Å². The van der Waals surface area contributed by atoms with Crippen LogP contribution in [0.4, 0.5) is 0 Å². The third-order valence-corrected chi connectivity index (χ3v) is 4.64. The quantitative estimate of drug-likeness (QED) is 0.707. The van der Waals surface area contributed by atoms with Gasteiger partial charge in [0, 0.05) is 11.8 Å². The normalized spacial score (nSPS) is 11.6. The Morgan fingerprint density at radius 1 is 1.12 bits per heavy atom. The van der Waals surface area contributed by atoms with Gasteiger partial charge in [-0.3, -0.25) is 4.79 Å². The van der Waals surface area contributed by atoms with Gasteiger partial charge in [-0.05, 0) is 24.6 Å². The number of thioether (sulfide) groups is 1. The Labute approximate surface area is 147 Å². The zero-order valence-electron chi connectivity index (χ0n) is 14.0. The van der Waals surface area contributed by atoms with Gasteiger partial charge in [-0.25, -0.2) is 0 Å². The Morgan fingerprint density at radius 2 is 1.88 bits per heavy atom. The van der Waals surface area contributed by atoms with Crippen LogP contribution in [0.3, 0.4) is 0 Å². The molecule has 4 nitrogen and oxygen atoms in total. The summed E-state index contributed by atoms with van der Waals surface area (Å²) in [5, 5.41) is 2.81. The maximum Gasteiger partial charge on any atom is 0.232 e. The number of rotatable bonds is 9. The molecule has 1 amide bonds. The van der Waals surface area contributed by atoms with E-state index >= 15 is 0 Å². The number of methoxy groups -OCH3 is 1. The largest absolute Gasteiger partial charge is 0.497 e. The predicted octanol–water partition coefficient (Wildman–Crippen LogP) is 3.51. The van der Waals surface area contributed by atoms with E-state index in [4.69, 9.17) is 9.47 Å². The number of benzene rings is 2. The number of carbonyl (C=O) groups is 1. The van der Waals surface area contributed by atoms with E-state index in [1.807, 2.05) is 49.4 Å². The summed E-state index contributed by atoms with van der Waals surface area (Å²) in [5.41, 5.74) is 1.23. The van der Waals surface area contributed by atoms with E-state index in [0.29, 0.717) is 13.2 Å². The van der Waals surface area contributed by atoms with Gasteiger partial charge in [0.2, 0.25) is 5.91 Å². The molecule has 0 unspecified atom stereocenters. The van der Waals surface area contributed by atoms with Gasteiger partial charge in [-0.1, -0.05) is 36.4 Å². The van der Waals surface area contributed by atoms with E-state index < -0.39 is 0 Å². The van der Waals surface area contributed by atoms with Crippen molar-refractivity contribution in [1.29, 1.82) is 0 Å². The van der Waals surface area contributed by atoms with E-state index in [0.717, 1.165) is 17.3 Å². The summed E-state index contributed by atoms with van der Waals surface area (Å²) in [6.07, 6.45) is 0. The third kappa shape index (κ3) is 6.16. The highest BCUT2D eigenvalue weighted by Crippen LogP contribution is 2.19. The second-order valence-corrected chi connectivity index (χ2v) is 6.59. The fourth-order valence-electron chi connectivity index (χ4n) is 2.05. The molecule has 5 heteroatoms. The first-order chi connectivity index (χ1) is 11.7. The zero-order valence-corrected chi connectivity index (χ0v) is 14.8. The molecule has 2 aromatic rings. The highest BCUT2D eigenvalue weighted by Gasteiger charge is 2.12. The fraction of sp³-hybridized carbons (Fsp3) is 0.316.